The lowest BCUT2D eigenvalue weighted by Crippen LogP contribution is -2.37. The van der Waals surface area contributed by atoms with Crippen molar-refractivity contribution in [2.24, 2.45) is 5.92 Å². The molecule has 1 N–H and O–H groups in total. The first-order valence-corrected chi connectivity index (χ1v) is 11.9. The van der Waals surface area contributed by atoms with Crippen molar-refractivity contribution in [3.63, 3.8) is 0 Å². The number of halogens is 2. The van der Waals surface area contributed by atoms with Gasteiger partial charge < -0.3 is 9.84 Å². The normalized spacial score (nSPS) is 15.5. The van der Waals surface area contributed by atoms with Gasteiger partial charge in [0, 0.05) is 27.2 Å². The van der Waals surface area contributed by atoms with Gasteiger partial charge in [-0.15, -0.1) is 0 Å². The Morgan fingerprint density at radius 3 is 2.33 bits per heavy atom. The van der Waals surface area contributed by atoms with Crippen molar-refractivity contribution >= 4 is 34.8 Å². The average Bonchev–Trinajstić information content (AvgIpc) is 3.21. The quantitative estimate of drug-likeness (QED) is 0.465. The SMILES string of the molecule is CC(C)(C)c1ccc(-c2noc(CN3CCC(C(=O)Nc4cc(Cl)cc(Cl)c4)CC3)n2)cc1. The Morgan fingerprint density at radius 2 is 1.73 bits per heavy atom. The summed E-state index contributed by atoms with van der Waals surface area (Å²) in [6.45, 7) is 8.71. The standard InChI is InChI=1S/C25H28Cl2N4O2/c1-25(2,3)18-6-4-16(5-7-18)23-29-22(33-30-23)15-31-10-8-17(9-11-31)24(32)28-21-13-19(26)12-20(27)14-21/h4-7,12-14,17H,8-11,15H2,1-3H3,(H,28,32). The smallest absolute Gasteiger partial charge is 0.241 e. The second kappa shape index (κ2) is 9.84. The van der Waals surface area contributed by atoms with Gasteiger partial charge in [-0.1, -0.05) is 73.4 Å². The highest BCUT2D eigenvalue weighted by molar-refractivity contribution is 6.35. The number of benzene rings is 2. The number of likely N-dealkylation sites (tertiary alicyclic amines) is 1. The monoisotopic (exact) mass is 486 g/mol. The summed E-state index contributed by atoms with van der Waals surface area (Å²) < 4.78 is 5.49. The minimum Gasteiger partial charge on any atom is -0.338 e. The highest BCUT2D eigenvalue weighted by atomic mass is 35.5. The maximum atomic E-state index is 12.6. The van der Waals surface area contributed by atoms with Crippen molar-refractivity contribution < 1.29 is 9.32 Å². The first-order valence-electron chi connectivity index (χ1n) is 11.1. The number of nitrogens with zero attached hydrogens (tertiary/aromatic N) is 3. The summed E-state index contributed by atoms with van der Waals surface area (Å²) in [7, 11) is 0. The molecule has 2 aromatic carbocycles. The Labute approximate surface area is 204 Å². The summed E-state index contributed by atoms with van der Waals surface area (Å²) in [5.41, 5.74) is 2.93. The molecule has 8 heteroatoms. The molecule has 1 saturated heterocycles. The molecule has 0 spiro atoms. The van der Waals surface area contributed by atoms with Crippen molar-refractivity contribution in [1.29, 1.82) is 0 Å². The van der Waals surface area contributed by atoms with E-state index in [1.54, 1.807) is 18.2 Å². The molecule has 1 amide bonds. The minimum absolute atomic E-state index is 0.00763. The lowest BCUT2D eigenvalue weighted by Gasteiger charge is -2.30. The summed E-state index contributed by atoms with van der Waals surface area (Å²) in [4.78, 5) is 19.4. The van der Waals surface area contributed by atoms with Gasteiger partial charge >= 0.3 is 0 Å². The number of hydrogen-bond acceptors (Lipinski definition) is 5. The van der Waals surface area contributed by atoms with Crippen molar-refractivity contribution in [3.05, 3.63) is 64.0 Å². The predicted molar refractivity (Wildman–Crippen MR) is 132 cm³/mol. The second-order valence-corrected chi connectivity index (χ2v) is 10.4. The molecule has 0 aliphatic carbocycles. The van der Waals surface area contributed by atoms with Gasteiger partial charge in [0.25, 0.3) is 0 Å². The number of aromatic nitrogens is 2. The van der Waals surface area contributed by atoms with E-state index in [1.165, 1.54) is 5.56 Å². The van der Waals surface area contributed by atoms with Gasteiger partial charge in [0.2, 0.25) is 17.6 Å². The number of rotatable bonds is 5. The molecule has 3 aromatic rings. The summed E-state index contributed by atoms with van der Waals surface area (Å²) in [5, 5.41) is 8.07. The molecule has 0 bridgehead atoms. The van der Waals surface area contributed by atoms with E-state index in [0.717, 1.165) is 31.5 Å². The lowest BCUT2D eigenvalue weighted by atomic mass is 9.87. The van der Waals surface area contributed by atoms with Crippen LogP contribution in [0.5, 0.6) is 0 Å². The van der Waals surface area contributed by atoms with Gasteiger partial charge in [0.15, 0.2) is 0 Å². The molecule has 4 rings (SSSR count). The Kier molecular flexibility index (Phi) is 7.07. The molecule has 0 saturated carbocycles. The zero-order valence-electron chi connectivity index (χ0n) is 19.1. The van der Waals surface area contributed by atoms with E-state index in [1.807, 2.05) is 12.1 Å². The summed E-state index contributed by atoms with van der Waals surface area (Å²) in [5.74, 6) is 1.12. The van der Waals surface area contributed by atoms with Crippen LogP contribution in [0.2, 0.25) is 10.0 Å². The molecular weight excluding hydrogens is 459 g/mol. The minimum atomic E-state index is -0.0569. The van der Waals surface area contributed by atoms with E-state index < -0.39 is 0 Å². The van der Waals surface area contributed by atoms with Crippen LogP contribution in [0.3, 0.4) is 0 Å². The number of anilines is 1. The molecule has 0 atom stereocenters. The molecule has 2 heterocycles. The first kappa shape index (κ1) is 23.7. The van der Waals surface area contributed by atoms with Crippen LogP contribution in [0.1, 0.15) is 45.1 Å². The van der Waals surface area contributed by atoms with Crippen LogP contribution < -0.4 is 5.32 Å². The summed E-state index contributed by atoms with van der Waals surface area (Å²) >= 11 is 12.0. The molecule has 1 aliphatic heterocycles. The lowest BCUT2D eigenvalue weighted by molar-refractivity contribution is -0.121. The molecule has 1 aliphatic rings. The molecular formula is C25H28Cl2N4O2. The van der Waals surface area contributed by atoms with Gasteiger partial charge in [-0.25, -0.2) is 0 Å². The largest absolute Gasteiger partial charge is 0.338 e. The van der Waals surface area contributed by atoms with Crippen LogP contribution in [-0.4, -0.2) is 34.0 Å². The Bertz CT molecular complexity index is 1090. The van der Waals surface area contributed by atoms with Crippen LogP contribution in [0.4, 0.5) is 5.69 Å². The number of carbonyl (C=O) groups excluding carboxylic acids is 1. The van der Waals surface area contributed by atoms with E-state index in [2.05, 4.69) is 53.3 Å². The van der Waals surface area contributed by atoms with E-state index >= 15 is 0 Å². The summed E-state index contributed by atoms with van der Waals surface area (Å²) in [6, 6.07) is 13.3. The zero-order valence-corrected chi connectivity index (χ0v) is 20.6. The molecule has 1 fully saturated rings. The second-order valence-electron chi connectivity index (χ2n) is 9.54. The van der Waals surface area contributed by atoms with E-state index in [0.29, 0.717) is 34.0 Å². The number of nitrogens with one attached hydrogen (secondary N) is 1. The maximum absolute atomic E-state index is 12.6. The van der Waals surface area contributed by atoms with Crippen LogP contribution in [0, 0.1) is 5.92 Å². The third-order valence-corrected chi connectivity index (χ3v) is 6.36. The highest BCUT2D eigenvalue weighted by Gasteiger charge is 2.26. The van der Waals surface area contributed by atoms with Crippen LogP contribution >= 0.6 is 23.2 Å². The molecule has 0 unspecified atom stereocenters. The third-order valence-electron chi connectivity index (χ3n) is 5.92. The fourth-order valence-corrected chi connectivity index (χ4v) is 4.50. The van der Waals surface area contributed by atoms with Crippen molar-refractivity contribution in [1.82, 2.24) is 15.0 Å². The molecule has 1 aromatic heterocycles. The number of carbonyl (C=O) groups is 1. The highest BCUT2D eigenvalue weighted by Crippen LogP contribution is 2.27. The fraction of sp³-hybridized carbons (Fsp3) is 0.400. The van der Waals surface area contributed by atoms with Crippen LogP contribution in [0.25, 0.3) is 11.4 Å². The molecule has 0 radical (unpaired) electrons. The third kappa shape index (κ3) is 6.14. The van der Waals surface area contributed by atoms with E-state index in [9.17, 15) is 4.79 Å². The first-order chi connectivity index (χ1) is 15.7. The Morgan fingerprint density at radius 1 is 1.09 bits per heavy atom. The Hall–Kier alpha value is -2.41. The van der Waals surface area contributed by atoms with Crippen LogP contribution in [0.15, 0.2) is 47.0 Å². The van der Waals surface area contributed by atoms with E-state index in [-0.39, 0.29) is 17.2 Å². The zero-order chi connectivity index (χ0) is 23.6. The van der Waals surface area contributed by atoms with Crippen molar-refractivity contribution in [2.75, 3.05) is 18.4 Å². The fourth-order valence-electron chi connectivity index (χ4n) is 3.97. The molecule has 33 heavy (non-hydrogen) atoms. The molecule has 6 nitrogen and oxygen atoms in total. The van der Waals surface area contributed by atoms with Gasteiger partial charge in [0.05, 0.1) is 6.54 Å². The topological polar surface area (TPSA) is 71.3 Å². The van der Waals surface area contributed by atoms with Gasteiger partial charge in [-0.3, -0.25) is 9.69 Å². The Balaban J connectivity index is 1.30. The molecule has 174 valence electrons. The van der Waals surface area contributed by atoms with E-state index in [4.69, 9.17) is 27.7 Å². The van der Waals surface area contributed by atoms with Gasteiger partial charge in [-0.05, 0) is 55.1 Å². The number of amides is 1. The van der Waals surface area contributed by atoms with Crippen molar-refractivity contribution in [3.8, 4) is 11.4 Å². The average molecular weight is 487 g/mol. The predicted octanol–water partition coefficient (Wildman–Crippen LogP) is 6.19. The maximum Gasteiger partial charge on any atom is 0.241 e. The number of piperidine rings is 1. The van der Waals surface area contributed by atoms with Crippen molar-refractivity contribution in [2.45, 2.75) is 45.6 Å². The van der Waals surface area contributed by atoms with Crippen LogP contribution in [-0.2, 0) is 16.8 Å². The van der Waals surface area contributed by atoms with Gasteiger partial charge in [0.1, 0.15) is 0 Å². The van der Waals surface area contributed by atoms with Gasteiger partial charge in [-0.2, -0.15) is 4.98 Å². The summed E-state index contributed by atoms with van der Waals surface area (Å²) in [6.07, 6.45) is 1.52. The number of hydrogen-bond donors (Lipinski definition) is 1.